The molecule has 1 aliphatic carbocycles. The molecule has 1 aliphatic rings. The van der Waals surface area contributed by atoms with Crippen molar-refractivity contribution < 1.29 is 10.2 Å². The Bertz CT molecular complexity index is 952. The molecule has 432 valence electrons. The summed E-state index contributed by atoms with van der Waals surface area (Å²) in [4.78, 5) is 0. The van der Waals surface area contributed by atoms with E-state index in [1.54, 1.807) is 38.5 Å². The summed E-state index contributed by atoms with van der Waals surface area (Å²) in [6, 6.07) is 0. The first kappa shape index (κ1) is 69.9. The number of unbranched alkanes of at least 4 members (excludes halogenated alkanes) is 52. The van der Waals surface area contributed by atoms with Crippen LogP contribution in [0.2, 0.25) is 0 Å². The molecule has 1 atom stereocenters. The van der Waals surface area contributed by atoms with Gasteiger partial charge < -0.3 is 10.2 Å². The van der Waals surface area contributed by atoms with Crippen LogP contribution >= 0.6 is 0 Å². The minimum atomic E-state index is 0.373. The van der Waals surface area contributed by atoms with Crippen molar-refractivity contribution >= 4 is 0 Å². The third-order valence-electron chi connectivity index (χ3n) is 18.8. The van der Waals surface area contributed by atoms with Gasteiger partial charge in [-0.1, -0.05) is 373 Å². The van der Waals surface area contributed by atoms with Crippen molar-refractivity contribution in [2.24, 2.45) is 10.8 Å². The second-order valence-corrected chi connectivity index (χ2v) is 25.3. The van der Waals surface area contributed by atoms with Crippen LogP contribution in [0.5, 0.6) is 0 Å². The number of aliphatic hydroxyl groups excluding tert-OH is 2. The van der Waals surface area contributed by atoms with Crippen molar-refractivity contribution in [3.05, 3.63) is 0 Å². The van der Waals surface area contributed by atoms with Crippen molar-refractivity contribution in [3.63, 3.8) is 0 Å². The summed E-state index contributed by atoms with van der Waals surface area (Å²) in [5, 5.41) is 18.0. The lowest BCUT2D eigenvalue weighted by molar-refractivity contribution is -0.0520. The Kier molecular flexibility index (Phi) is 55.5. The van der Waals surface area contributed by atoms with Crippen LogP contribution in [-0.4, -0.2) is 23.4 Å². The van der Waals surface area contributed by atoms with Gasteiger partial charge in [0.05, 0.1) is 0 Å². The van der Waals surface area contributed by atoms with Gasteiger partial charge in [0.2, 0.25) is 0 Å². The highest BCUT2D eigenvalue weighted by atomic mass is 16.3. The van der Waals surface area contributed by atoms with Crippen molar-refractivity contribution in [3.8, 4) is 0 Å². The van der Waals surface area contributed by atoms with Crippen LogP contribution in [0.15, 0.2) is 0 Å². The normalized spacial score (nSPS) is 15.8. The maximum atomic E-state index is 8.98. The summed E-state index contributed by atoms with van der Waals surface area (Å²) in [6.45, 7) is 5.44. The zero-order valence-corrected chi connectivity index (χ0v) is 50.6. The van der Waals surface area contributed by atoms with Crippen LogP contribution in [0, 0.1) is 10.8 Å². The highest BCUT2D eigenvalue weighted by Gasteiger charge is 2.50. The average molecular weight is 1010 g/mol. The SMILES string of the molecule is CCCCCCCCCCCCCCC1(CCCCCCCCCCCC)CCCCC1(CCCCCCCCCCCCCCCCCCCO)CCCCCCCCCCCCCCCCCCCO. The zero-order chi connectivity index (χ0) is 51.7. The maximum Gasteiger partial charge on any atom is 0.0431 e. The van der Waals surface area contributed by atoms with Gasteiger partial charge in [-0.3, -0.25) is 0 Å². The fourth-order valence-corrected chi connectivity index (χ4v) is 14.0. The Labute approximate surface area is 457 Å². The highest BCUT2D eigenvalue weighted by molar-refractivity contribution is 5.00. The average Bonchev–Trinajstić information content (AvgIpc) is 3.39. The third kappa shape index (κ3) is 43.0. The molecular formula is C70H140O2. The van der Waals surface area contributed by atoms with Crippen LogP contribution in [0.3, 0.4) is 0 Å². The minimum Gasteiger partial charge on any atom is -0.396 e. The topological polar surface area (TPSA) is 40.5 Å². The largest absolute Gasteiger partial charge is 0.396 e. The first-order valence-electron chi connectivity index (χ1n) is 34.9. The molecule has 0 bridgehead atoms. The number of rotatable bonds is 62. The fourth-order valence-electron chi connectivity index (χ4n) is 14.0. The van der Waals surface area contributed by atoms with E-state index in [1.807, 2.05) is 0 Å². The monoisotopic (exact) mass is 1010 g/mol. The molecule has 72 heavy (non-hydrogen) atoms. The van der Waals surface area contributed by atoms with Crippen LogP contribution < -0.4 is 0 Å². The molecule has 1 saturated carbocycles. The predicted molar refractivity (Wildman–Crippen MR) is 326 cm³/mol. The van der Waals surface area contributed by atoms with Gasteiger partial charge in [0, 0.05) is 13.2 Å². The molecule has 0 radical (unpaired) electrons. The molecule has 2 heteroatoms. The van der Waals surface area contributed by atoms with E-state index in [1.165, 1.54) is 360 Å². The molecule has 0 aromatic heterocycles. The Morgan fingerprint density at radius 3 is 0.486 bits per heavy atom. The molecule has 0 saturated heterocycles. The van der Waals surface area contributed by atoms with E-state index in [2.05, 4.69) is 13.8 Å². The van der Waals surface area contributed by atoms with Gasteiger partial charge in [0.15, 0.2) is 0 Å². The van der Waals surface area contributed by atoms with Gasteiger partial charge in [-0.15, -0.1) is 0 Å². The summed E-state index contributed by atoms with van der Waals surface area (Å²) in [5.74, 6) is 0. The van der Waals surface area contributed by atoms with Crippen LogP contribution in [0.1, 0.15) is 425 Å². The zero-order valence-electron chi connectivity index (χ0n) is 50.6. The number of hydrogen-bond acceptors (Lipinski definition) is 2. The quantitative estimate of drug-likeness (QED) is 0.0596. The lowest BCUT2D eigenvalue weighted by Crippen LogP contribution is -2.45. The Morgan fingerprint density at radius 2 is 0.333 bits per heavy atom. The number of aliphatic hydroxyl groups is 2. The summed E-state index contributed by atoms with van der Waals surface area (Å²) < 4.78 is 0. The predicted octanol–water partition coefficient (Wildman–Crippen LogP) is 25.0. The second-order valence-electron chi connectivity index (χ2n) is 25.3. The minimum absolute atomic E-state index is 0.373. The molecule has 0 spiro atoms. The van der Waals surface area contributed by atoms with E-state index >= 15 is 0 Å². The van der Waals surface area contributed by atoms with Crippen molar-refractivity contribution in [1.82, 2.24) is 0 Å². The van der Waals surface area contributed by atoms with Gasteiger partial charge in [-0.25, -0.2) is 0 Å². The smallest absolute Gasteiger partial charge is 0.0431 e. The molecule has 2 N–H and O–H groups in total. The molecule has 0 heterocycles. The maximum absolute atomic E-state index is 8.98. The number of hydrogen-bond donors (Lipinski definition) is 2. The summed E-state index contributed by atoms with van der Waals surface area (Å²) >= 11 is 0. The van der Waals surface area contributed by atoms with Crippen LogP contribution in [0.25, 0.3) is 0 Å². The molecule has 0 aromatic rings. The molecule has 0 amide bonds. The second kappa shape index (κ2) is 57.1. The summed E-state index contributed by atoms with van der Waals surface area (Å²) in [7, 11) is 0. The molecule has 0 aliphatic heterocycles. The van der Waals surface area contributed by atoms with E-state index < -0.39 is 0 Å². The van der Waals surface area contributed by atoms with E-state index in [4.69, 9.17) is 10.2 Å². The lowest BCUT2D eigenvalue weighted by Gasteiger charge is -2.56. The van der Waals surface area contributed by atoms with Gasteiger partial charge >= 0.3 is 0 Å². The first-order valence-corrected chi connectivity index (χ1v) is 34.9. The molecular weight excluding hydrogens is 873 g/mol. The lowest BCUT2D eigenvalue weighted by atomic mass is 9.49. The summed E-state index contributed by atoms with van der Waals surface area (Å²) in [5.41, 5.74) is 1.26. The Balaban J connectivity index is 2.72. The third-order valence-corrected chi connectivity index (χ3v) is 18.8. The standard InChI is InChI=1S/C70H140O2/c1-3-5-7-9-11-13-15-30-36-42-48-54-62-69(61-53-47-41-35-14-12-10-8-6-4-2)65-57-58-66-70(69,63-55-49-43-37-31-26-22-18-16-20-24-28-33-39-45-51-59-67-71)64-56-50-44-38-32-27-23-19-17-21-25-29-34-40-46-52-60-68-72/h71-72H,3-68H2,1-2H3. The Hall–Kier alpha value is -0.0800. The first-order chi connectivity index (χ1) is 35.7. The van der Waals surface area contributed by atoms with E-state index in [0.717, 1.165) is 12.8 Å². The van der Waals surface area contributed by atoms with Crippen LogP contribution in [-0.2, 0) is 0 Å². The van der Waals surface area contributed by atoms with Crippen molar-refractivity contribution in [2.75, 3.05) is 13.2 Å². The highest BCUT2D eigenvalue weighted by Crippen LogP contribution is 2.61. The Morgan fingerprint density at radius 1 is 0.194 bits per heavy atom. The van der Waals surface area contributed by atoms with E-state index in [-0.39, 0.29) is 0 Å². The van der Waals surface area contributed by atoms with E-state index in [9.17, 15) is 0 Å². The van der Waals surface area contributed by atoms with Crippen LogP contribution in [0.4, 0.5) is 0 Å². The molecule has 1 rings (SSSR count). The van der Waals surface area contributed by atoms with Gasteiger partial charge in [-0.05, 0) is 62.2 Å². The van der Waals surface area contributed by atoms with Crippen molar-refractivity contribution in [1.29, 1.82) is 0 Å². The van der Waals surface area contributed by atoms with Gasteiger partial charge in [-0.2, -0.15) is 0 Å². The molecule has 0 aromatic carbocycles. The molecule has 2 nitrogen and oxygen atoms in total. The van der Waals surface area contributed by atoms with Gasteiger partial charge in [0.25, 0.3) is 0 Å². The summed E-state index contributed by atoms with van der Waals surface area (Å²) in [6.07, 6.45) is 92.8. The molecule has 1 fully saturated rings. The van der Waals surface area contributed by atoms with E-state index in [0.29, 0.717) is 24.0 Å². The van der Waals surface area contributed by atoms with Crippen molar-refractivity contribution in [2.45, 2.75) is 425 Å². The van der Waals surface area contributed by atoms with Gasteiger partial charge in [0.1, 0.15) is 0 Å². The molecule has 1 unspecified atom stereocenters. The fraction of sp³-hybridized carbons (Fsp3) is 1.00.